The van der Waals surface area contributed by atoms with Gasteiger partial charge in [0.15, 0.2) is 5.78 Å². The van der Waals surface area contributed by atoms with E-state index in [0.717, 1.165) is 23.3 Å². The first kappa shape index (κ1) is 20.7. The number of sulfone groups is 1. The Morgan fingerprint density at radius 3 is 2.61 bits per heavy atom. The molecule has 0 unspecified atom stereocenters. The van der Waals surface area contributed by atoms with Gasteiger partial charge in [0.25, 0.3) is 0 Å². The zero-order chi connectivity index (χ0) is 22.0. The molecule has 0 bridgehead atoms. The van der Waals surface area contributed by atoms with Crippen molar-refractivity contribution in [2.45, 2.75) is 22.6 Å². The van der Waals surface area contributed by atoms with Gasteiger partial charge in [-0.05, 0) is 54.4 Å². The Morgan fingerprint density at radius 2 is 1.87 bits per heavy atom. The molecule has 0 radical (unpaired) electrons. The summed E-state index contributed by atoms with van der Waals surface area (Å²) in [5.41, 5.74) is 2.17. The summed E-state index contributed by atoms with van der Waals surface area (Å²) in [4.78, 5) is 16.5. The fourth-order valence-corrected chi connectivity index (χ4v) is 4.74. The highest BCUT2D eigenvalue weighted by atomic mass is 32.2. The summed E-state index contributed by atoms with van der Waals surface area (Å²) in [6.07, 6.45) is 5.93. The number of imidazole rings is 1. The fraction of sp³-hybridized carbons (Fsp3) is 0.130. The molecule has 0 spiro atoms. The van der Waals surface area contributed by atoms with Crippen LogP contribution in [0.1, 0.15) is 22.3 Å². The normalized spacial score (nSPS) is 11.5. The molecule has 4 aromatic rings. The molecule has 0 aliphatic carbocycles. The number of aryl methyl sites for hydroxylation is 1. The van der Waals surface area contributed by atoms with Crippen molar-refractivity contribution in [2.75, 3.05) is 7.11 Å². The fourth-order valence-electron chi connectivity index (χ4n) is 3.31. The number of carbonyl (C=O) groups excluding carboxylic acids is 1. The van der Waals surface area contributed by atoms with E-state index in [1.165, 1.54) is 25.3 Å². The number of benzene rings is 2. The second-order valence-corrected chi connectivity index (χ2v) is 8.89. The molecule has 0 saturated carbocycles. The molecule has 6 nitrogen and oxygen atoms in total. The number of hydrogen-bond acceptors (Lipinski definition) is 5. The van der Waals surface area contributed by atoms with Crippen molar-refractivity contribution in [1.29, 1.82) is 0 Å². The lowest BCUT2D eigenvalue weighted by Gasteiger charge is -2.10. The number of hydrogen-bond donors (Lipinski definition) is 0. The SMILES string of the molecule is COc1ccc(F)cc1S(=O)(=O)c1ccc(CCC(=O)c2ccc3nccn3c2)cc1. The predicted molar refractivity (Wildman–Crippen MR) is 113 cm³/mol. The van der Waals surface area contributed by atoms with E-state index in [2.05, 4.69) is 4.98 Å². The Balaban J connectivity index is 1.49. The molecule has 31 heavy (non-hydrogen) atoms. The van der Waals surface area contributed by atoms with Gasteiger partial charge in [0.05, 0.1) is 12.0 Å². The van der Waals surface area contributed by atoms with Crippen LogP contribution < -0.4 is 4.74 Å². The lowest BCUT2D eigenvalue weighted by molar-refractivity contribution is 0.0982. The van der Waals surface area contributed by atoms with Gasteiger partial charge in [-0.15, -0.1) is 0 Å². The van der Waals surface area contributed by atoms with Gasteiger partial charge in [0.1, 0.15) is 22.1 Å². The van der Waals surface area contributed by atoms with Crippen molar-refractivity contribution in [1.82, 2.24) is 9.38 Å². The minimum atomic E-state index is -3.95. The topological polar surface area (TPSA) is 77.7 Å². The molecule has 0 N–H and O–H groups in total. The largest absolute Gasteiger partial charge is 0.495 e. The van der Waals surface area contributed by atoms with E-state index < -0.39 is 15.7 Å². The van der Waals surface area contributed by atoms with Gasteiger partial charge < -0.3 is 9.14 Å². The molecule has 0 aliphatic heterocycles. The molecule has 4 rings (SSSR count). The van der Waals surface area contributed by atoms with E-state index in [1.807, 2.05) is 0 Å². The van der Waals surface area contributed by atoms with E-state index in [4.69, 9.17) is 4.74 Å². The lowest BCUT2D eigenvalue weighted by atomic mass is 10.0. The number of carbonyl (C=O) groups is 1. The van der Waals surface area contributed by atoms with E-state index in [-0.39, 0.29) is 27.7 Å². The summed E-state index contributed by atoms with van der Waals surface area (Å²) < 4.78 is 46.3. The lowest BCUT2D eigenvalue weighted by Crippen LogP contribution is -2.06. The van der Waals surface area contributed by atoms with E-state index in [9.17, 15) is 17.6 Å². The summed E-state index contributed by atoms with van der Waals surface area (Å²) >= 11 is 0. The maximum Gasteiger partial charge on any atom is 0.210 e. The number of halogens is 1. The highest BCUT2D eigenvalue weighted by Crippen LogP contribution is 2.30. The maximum atomic E-state index is 13.6. The predicted octanol–water partition coefficient (Wildman–Crippen LogP) is 4.13. The number of methoxy groups -OCH3 is 1. The van der Waals surface area contributed by atoms with Gasteiger partial charge >= 0.3 is 0 Å². The average Bonchev–Trinajstić information content (AvgIpc) is 3.25. The number of fused-ring (bicyclic) bond motifs is 1. The van der Waals surface area contributed by atoms with Crippen molar-refractivity contribution >= 4 is 21.3 Å². The second kappa shape index (κ2) is 8.31. The highest BCUT2D eigenvalue weighted by molar-refractivity contribution is 7.91. The Labute approximate surface area is 178 Å². The quantitative estimate of drug-likeness (QED) is 0.406. The van der Waals surface area contributed by atoms with Crippen LogP contribution >= 0.6 is 0 Å². The Kier molecular flexibility index (Phi) is 5.56. The molecule has 2 aromatic heterocycles. The standard InChI is InChI=1S/C23H19FN2O4S/c1-30-21-10-6-18(24)14-22(21)31(28,29)19-7-2-16(3-8-19)4-9-20(27)17-5-11-23-25-12-13-26(23)15-17/h2-3,5-8,10-15H,4,9H2,1H3. The Bertz CT molecular complexity index is 1360. The third-order valence-corrected chi connectivity index (χ3v) is 6.79. The van der Waals surface area contributed by atoms with Crippen LogP contribution in [0.5, 0.6) is 5.75 Å². The summed E-state index contributed by atoms with van der Waals surface area (Å²) in [6, 6.07) is 13.1. The molecule has 158 valence electrons. The van der Waals surface area contributed by atoms with E-state index in [0.29, 0.717) is 12.0 Å². The van der Waals surface area contributed by atoms with Gasteiger partial charge in [-0.3, -0.25) is 4.79 Å². The molecule has 2 heterocycles. The highest BCUT2D eigenvalue weighted by Gasteiger charge is 2.23. The van der Waals surface area contributed by atoms with Gasteiger partial charge in [-0.1, -0.05) is 12.1 Å². The Morgan fingerprint density at radius 1 is 1.10 bits per heavy atom. The number of rotatable bonds is 7. The number of Topliss-reactive ketones (excluding diaryl/α,β-unsaturated/α-hetero) is 1. The summed E-state index contributed by atoms with van der Waals surface area (Å²) in [6.45, 7) is 0. The zero-order valence-corrected chi connectivity index (χ0v) is 17.5. The summed E-state index contributed by atoms with van der Waals surface area (Å²) in [5.74, 6) is -0.605. The zero-order valence-electron chi connectivity index (χ0n) is 16.7. The maximum absolute atomic E-state index is 13.6. The van der Waals surface area contributed by atoms with Crippen molar-refractivity contribution in [2.24, 2.45) is 0 Å². The van der Waals surface area contributed by atoms with Crippen LogP contribution in [-0.2, 0) is 16.3 Å². The summed E-state index contributed by atoms with van der Waals surface area (Å²) in [5, 5.41) is 0. The third-order valence-electron chi connectivity index (χ3n) is 5.00. The molecule has 2 aromatic carbocycles. The van der Waals surface area contributed by atoms with Crippen molar-refractivity contribution in [3.63, 3.8) is 0 Å². The molecule has 0 saturated heterocycles. The van der Waals surface area contributed by atoms with Crippen LogP contribution in [0.2, 0.25) is 0 Å². The van der Waals surface area contributed by atoms with Crippen LogP contribution in [-0.4, -0.2) is 30.7 Å². The van der Waals surface area contributed by atoms with Crippen LogP contribution in [0.4, 0.5) is 4.39 Å². The van der Waals surface area contributed by atoms with Crippen LogP contribution in [0.15, 0.2) is 83.0 Å². The van der Waals surface area contributed by atoms with Gasteiger partial charge in [0, 0.05) is 30.6 Å². The first-order valence-electron chi connectivity index (χ1n) is 9.52. The second-order valence-electron chi connectivity index (χ2n) is 6.98. The number of aromatic nitrogens is 2. The smallest absolute Gasteiger partial charge is 0.210 e. The first-order chi connectivity index (χ1) is 14.9. The van der Waals surface area contributed by atoms with Gasteiger partial charge in [-0.25, -0.2) is 17.8 Å². The Hall–Kier alpha value is -3.52. The molecular formula is C23H19FN2O4S. The third kappa shape index (κ3) is 4.20. The van der Waals surface area contributed by atoms with Crippen LogP contribution in [0, 0.1) is 5.82 Å². The number of ether oxygens (including phenoxy) is 1. The van der Waals surface area contributed by atoms with Crippen molar-refractivity contribution in [3.05, 3.63) is 90.1 Å². The monoisotopic (exact) mass is 438 g/mol. The minimum Gasteiger partial charge on any atom is -0.495 e. The van der Waals surface area contributed by atoms with Crippen molar-refractivity contribution < 1.29 is 22.3 Å². The molecule has 0 aliphatic rings. The van der Waals surface area contributed by atoms with Crippen LogP contribution in [0.3, 0.4) is 0 Å². The van der Waals surface area contributed by atoms with E-state index >= 15 is 0 Å². The molecule has 0 amide bonds. The molecular weight excluding hydrogens is 419 g/mol. The number of pyridine rings is 1. The first-order valence-corrected chi connectivity index (χ1v) is 11.0. The average molecular weight is 438 g/mol. The van der Waals surface area contributed by atoms with Gasteiger partial charge in [-0.2, -0.15) is 0 Å². The minimum absolute atomic E-state index is 0.0169. The number of ketones is 1. The summed E-state index contributed by atoms with van der Waals surface area (Å²) in [7, 11) is -2.62. The molecule has 0 fully saturated rings. The molecule has 0 atom stereocenters. The number of nitrogens with zero attached hydrogens (tertiary/aromatic N) is 2. The van der Waals surface area contributed by atoms with Gasteiger partial charge in [0.2, 0.25) is 9.84 Å². The van der Waals surface area contributed by atoms with Crippen molar-refractivity contribution in [3.8, 4) is 5.75 Å². The van der Waals surface area contributed by atoms with Crippen LogP contribution in [0.25, 0.3) is 5.65 Å². The molecule has 8 heteroatoms. The van der Waals surface area contributed by atoms with E-state index in [1.54, 1.807) is 47.3 Å².